The summed E-state index contributed by atoms with van der Waals surface area (Å²) in [7, 11) is 0. The summed E-state index contributed by atoms with van der Waals surface area (Å²) in [5, 5.41) is 12.1. The first-order valence-corrected chi connectivity index (χ1v) is 22.7. The quantitative estimate of drug-likeness (QED) is 0.149. The molecule has 0 radical (unpaired) electrons. The van der Waals surface area contributed by atoms with Crippen LogP contribution in [-0.4, -0.2) is 0 Å². The largest absolute Gasteiger partial charge is 0.456 e. The highest BCUT2D eigenvalue weighted by molar-refractivity contribution is 6.15. The maximum Gasteiger partial charge on any atom is 0.136 e. The van der Waals surface area contributed by atoms with Crippen LogP contribution in [0.4, 0.5) is 17.1 Å². The van der Waals surface area contributed by atoms with E-state index in [4.69, 9.17) is 4.42 Å². The first kappa shape index (κ1) is 37.8. The maximum absolute atomic E-state index is 6.29. The Hall–Kier alpha value is -8.72. The van der Waals surface area contributed by atoms with Gasteiger partial charge in [-0.2, -0.15) is 0 Å². The fourth-order valence-electron chi connectivity index (χ4n) is 10.3. The molecular formula is C64H41NO. The number of anilines is 3. The third-order valence-corrected chi connectivity index (χ3v) is 13.5. The van der Waals surface area contributed by atoms with Crippen LogP contribution in [0.25, 0.3) is 110 Å². The van der Waals surface area contributed by atoms with Crippen molar-refractivity contribution >= 4 is 82.1 Å². The third-order valence-electron chi connectivity index (χ3n) is 13.5. The highest BCUT2D eigenvalue weighted by atomic mass is 16.3. The van der Waals surface area contributed by atoms with Gasteiger partial charge in [0.15, 0.2) is 0 Å². The molecule has 0 amide bonds. The number of fused-ring (bicyclic) bond motifs is 8. The minimum Gasteiger partial charge on any atom is -0.456 e. The van der Waals surface area contributed by atoms with E-state index in [9.17, 15) is 0 Å². The van der Waals surface area contributed by atoms with Crippen LogP contribution in [0, 0.1) is 0 Å². The van der Waals surface area contributed by atoms with Gasteiger partial charge in [-0.15, -0.1) is 0 Å². The van der Waals surface area contributed by atoms with Crippen molar-refractivity contribution in [2.45, 2.75) is 0 Å². The van der Waals surface area contributed by atoms with E-state index >= 15 is 0 Å². The molecule has 2 heteroatoms. The molecule has 0 unspecified atom stereocenters. The summed E-state index contributed by atoms with van der Waals surface area (Å²) in [6.45, 7) is 0. The molecular weight excluding hydrogens is 799 g/mol. The van der Waals surface area contributed by atoms with Crippen LogP contribution in [0.2, 0.25) is 0 Å². The summed E-state index contributed by atoms with van der Waals surface area (Å²) in [5.74, 6) is 0. The van der Waals surface area contributed by atoms with Crippen LogP contribution in [-0.2, 0) is 0 Å². The van der Waals surface area contributed by atoms with Gasteiger partial charge in [-0.1, -0.05) is 200 Å². The molecule has 66 heavy (non-hydrogen) atoms. The van der Waals surface area contributed by atoms with E-state index in [0.717, 1.165) is 50.1 Å². The summed E-state index contributed by atoms with van der Waals surface area (Å²) in [6, 6.07) is 90.4. The summed E-state index contributed by atoms with van der Waals surface area (Å²) in [4.78, 5) is 2.42. The lowest BCUT2D eigenvalue weighted by molar-refractivity contribution is 0.669. The number of para-hydroxylation sites is 1. The van der Waals surface area contributed by atoms with Crippen molar-refractivity contribution in [2.75, 3.05) is 4.90 Å². The Morgan fingerprint density at radius 3 is 1.52 bits per heavy atom. The number of benzene rings is 12. The van der Waals surface area contributed by atoms with E-state index < -0.39 is 0 Å². The number of hydrogen-bond donors (Lipinski definition) is 0. The molecule has 0 aliphatic carbocycles. The average molecular weight is 840 g/mol. The van der Waals surface area contributed by atoms with Crippen molar-refractivity contribution in [3.05, 3.63) is 249 Å². The molecule has 12 aromatic carbocycles. The minimum atomic E-state index is 0.898. The minimum absolute atomic E-state index is 0.898. The molecule has 308 valence electrons. The summed E-state index contributed by atoms with van der Waals surface area (Å²) >= 11 is 0. The van der Waals surface area contributed by atoms with Gasteiger partial charge in [0.05, 0.1) is 5.69 Å². The highest BCUT2D eigenvalue weighted by Gasteiger charge is 2.20. The van der Waals surface area contributed by atoms with Crippen molar-refractivity contribution < 1.29 is 4.42 Å². The summed E-state index contributed by atoms with van der Waals surface area (Å²) in [6.07, 6.45) is 0. The number of nitrogens with zero attached hydrogens (tertiary/aromatic N) is 1. The molecule has 0 bridgehead atoms. The fourth-order valence-corrected chi connectivity index (χ4v) is 10.3. The van der Waals surface area contributed by atoms with Crippen LogP contribution in [0.1, 0.15) is 0 Å². The van der Waals surface area contributed by atoms with Gasteiger partial charge in [-0.25, -0.2) is 0 Å². The van der Waals surface area contributed by atoms with E-state index in [1.807, 2.05) is 12.1 Å². The molecule has 13 rings (SSSR count). The smallest absolute Gasteiger partial charge is 0.136 e. The maximum atomic E-state index is 6.29. The standard InChI is InChI=1S/C64H41NO/c1-4-16-52-43(12-1)15-11-22-53(52)45-24-26-46(27-25-45)56-38-32-44-13-2-6-18-55(44)64(56)47-30-36-51(37-31-47)65(61-40-49-14-3-5-17-54(49)57-19-7-8-20-58(57)61)50-34-28-42(29-35-50)48-33-39-60-59-21-9-10-23-62(59)66-63(60)41-48/h1-41H. The lowest BCUT2D eigenvalue weighted by atomic mass is 9.89. The monoisotopic (exact) mass is 839 g/mol. The Kier molecular flexibility index (Phi) is 8.89. The van der Waals surface area contributed by atoms with E-state index in [0.29, 0.717) is 0 Å². The fraction of sp³-hybridized carbons (Fsp3) is 0. The third kappa shape index (κ3) is 6.34. The SMILES string of the molecule is c1ccc2c(-c3ccc(-c4ccc5ccccc5c4-c4ccc(N(c5ccc(-c6ccc7c(c6)oc6ccccc67)cc5)c5cc6ccccc6c6ccccc56)cc4)cc3)cccc2c1. The predicted molar refractivity (Wildman–Crippen MR) is 280 cm³/mol. The van der Waals surface area contributed by atoms with Crippen LogP contribution >= 0.6 is 0 Å². The lowest BCUT2D eigenvalue weighted by Crippen LogP contribution is -2.10. The van der Waals surface area contributed by atoms with Gasteiger partial charge in [0.25, 0.3) is 0 Å². The second kappa shape index (κ2) is 15.5. The molecule has 0 saturated heterocycles. The second-order valence-corrected chi connectivity index (χ2v) is 17.2. The first-order chi connectivity index (χ1) is 32.7. The Bertz CT molecular complexity index is 3970. The molecule has 0 N–H and O–H groups in total. The van der Waals surface area contributed by atoms with Gasteiger partial charge >= 0.3 is 0 Å². The van der Waals surface area contributed by atoms with Crippen molar-refractivity contribution in [1.82, 2.24) is 0 Å². The topological polar surface area (TPSA) is 16.4 Å². The van der Waals surface area contributed by atoms with Crippen LogP contribution in [0.15, 0.2) is 253 Å². The van der Waals surface area contributed by atoms with Gasteiger partial charge in [0.2, 0.25) is 0 Å². The number of rotatable bonds is 7. The summed E-state index contributed by atoms with van der Waals surface area (Å²) < 4.78 is 6.29. The Labute approximate surface area is 382 Å². The molecule has 0 fully saturated rings. The molecule has 1 heterocycles. The Morgan fingerprint density at radius 2 is 0.773 bits per heavy atom. The van der Waals surface area contributed by atoms with Crippen molar-refractivity contribution in [1.29, 1.82) is 0 Å². The molecule has 13 aromatic rings. The van der Waals surface area contributed by atoms with Gasteiger partial charge in [-0.3, -0.25) is 0 Å². The molecule has 0 aliphatic rings. The summed E-state index contributed by atoms with van der Waals surface area (Å²) in [5.41, 5.74) is 14.6. The molecule has 0 spiro atoms. The van der Waals surface area contributed by atoms with E-state index in [1.165, 1.54) is 76.5 Å². The van der Waals surface area contributed by atoms with E-state index in [2.05, 4.69) is 241 Å². The highest BCUT2D eigenvalue weighted by Crippen LogP contribution is 2.45. The van der Waals surface area contributed by atoms with Crippen LogP contribution in [0.3, 0.4) is 0 Å². The van der Waals surface area contributed by atoms with Crippen molar-refractivity contribution in [2.24, 2.45) is 0 Å². The second-order valence-electron chi connectivity index (χ2n) is 17.2. The van der Waals surface area contributed by atoms with Gasteiger partial charge in [0.1, 0.15) is 11.2 Å². The van der Waals surface area contributed by atoms with E-state index in [1.54, 1.807) is 0 Å². The molecule has 0 aliphatic heterocycles. The van der Waals surface area contributed by atoms with Gasteiger partial charge in [-0.05, 0) is 131 Å². The number of hydrogen-bond acceptors (Lipinski definition) is 2. The number of furan rings is 1. The van der Waals surface area contributed by atoms with Gasteiger partial charge < -0.3 is 9.32 Å². The van der Waals surface area contributed by atoms with Crippen molar-refractivity contribution in [3.63, 3.8) is 0 Å². The Morgan fingerprint density at radius 1 is 0.258 bits per heavy atom. The Balaban J connectivity index is 0.931. The zero-order valence-electron chi connectivity index (χ0n) is 36.0. The molecule has 1 aromatic heterocycles. The van der Waals surface area contributed by atoms with Gasteiger partial charge in [0, 0.05) is 27.5 Å². The lowest BCUT2D eigenvalue weighted by Gasteiger charge is -2.28. The zero-order chi connectivity index (χ0) is 43.6. The first-order valence-electron chi connectivity index (χ1n) is 22.7. The normalized spacial score (nSPS) is 11.6. The molecule has 0 saturated carbocycles. The average Bonchev–Trinajstić information content (AvgIpc) is 3.77. The van der Waals surface area contributed by atoms with Crippen LogP contribution in [0.5, 0.6) is 0 Å². The van der Waals surface area contributed by atoms with E-state index in [-0.39, 0.29) is 0 Å². The van der Waals surface area contributed by atoms with Crippen molar-refractivity contribution in [3.8, 4) is 44.5 Å². The predicted octanol–water partition coefficient (Wildman–Crippen LogP) is 18.3. The van der Waals surface area contributed by atoms with Crippen LogP contribution < -0.4 is 4.90 Å². The molecule has 2 nitrogen and oxygen atoms in total. The molecule has 0 atom stereocenters. The zero-order valence-corrected chi connectivity index (χ0v) is 36.0.